The second-order valence-corrected chi connectivity index (χ2v) is 3.80. The molecule has 2 aromatic carbocycles. The molecule has 0 nitrogen and oxygen atoms in total. The minimum absolute atomic E-state index is 1.09. The van der Waals surface area contributed by atoms with Crippen LogP contribution in [0.5, 0.6) is 0 Å². The number of allylic oxidation sites excluding steroid dienone is 2. The van der Waals surface area contributed by atoms with E-state index in [1.165, 1.54) is 21.9 Å². The molecule has 0 amide bonds. The molecule has 0 radical (unpaired) electrons. The highest BCUT2D eigenvalue weighted by Gasteiger charge is 2.07. The van der Waals surface area contributed by atoms with Gasteiger partial charge in [-0.05, 0) is 34.7 Å². The Bertz CT molecular complexity index is 506. The topological polar surface area (TPSA) is 0 Å². The highest BCUT2D eigenvalue weighted by atomic mass is 14.1. The lowest BCUT2D eigenvalue weighted by molar-refractivity contribution is 1.11. The molecule has 1 aliphatic rings. The van der Waals surface area contributed by atoms with E-state index in [4.69, 9.17) is 0 Å². The molecule has 0 saturated carbocycles. The van der Waals surface area contributed by atoms with Crippen molar-refractivity contribution < 1.29 is 0 Å². The van der Waals surface area contributed by atoms with Crippen LogP contribution in [0.25, 0.3) is 10.8 Å². The molecule has 0 bridgehead atoms. The van der Waals surface area contributed by atoms with Gasteiger partial charge in [0.1, 0.15) is 0 Å². The molecule has 0 N–H and O–H groups in total. The van der Waals surface area contributed by atoms with Crippen LogP contribution in [-0.2, 0) is 12.8 Å². The fourth-order valence-electron chi connectivity index (χ4n) is 2.22. The molecule has 0 atom stereocenters. The zero-order chi connectivity index (χ0) is 9.38. The predicted octanol–water partition coefficient (Wildman–Crippen LogP) is 3.49. The molecule has 0 saturated heterocycles. The minimum Gasteiger partial charge on any atom is -0.0838 e. The molecule has 0 spiro atoms. The van der Waals surface area contributed by atoms with Gasteiger partial charge in [-0.15, -0.1) is 0 Å². The van der Waals surface area contributed by atoms with Crippen LogP contribution >= 0.6 is 0 Å². The van der Waals surface area contributed by atoms with Gasteiger partial charge in [-0.2, -0.15) is 0 Å². The summed E-state index contributed by atoms with van der Waals surface area (Å²) in [7, 11) is 0. The number of rotatable bonds is 0. The summed E-state index contributed by atoms with van der Waals surface area (Å²) < 4.78 is 0. The Morgan fingerprint density at radius 2 is 1.64 bits per heavy atom. The maximum absolute atomic E-state index is 2.27. The summed E-state index contributed by atoms with van der Waals surface area (Å²) in [6, 6.07) is 13.1. The molecule has 0 heteroatoms. The van der Waals surface area contributed by atoms with Crippen molar-refractivity contribution in [3.05, 3.63) is 59.7 Å². The van der Waals surface area contributed by atoms with Crippen LogP contribution in [0, 0.1) is 0 Å². The molecule has 0 unspecified atom stereocenters. The van der Waals surface area contributed by atoms with Crippen LogP contribution < -0.4 is 0 Å². The van der Waals surface area contributed by atoms with Gasteiger partial charge in [0.15, 0.2) is 0 Å². The molecular weight excluding hydrogens is 168 g/mol. The minimum atomic E-state index is 1.09. The van der Waals surface area contributed by atoms with Gasteiger partial charge in [0.25, 0.3) is 0 Å². The van der Waals surface area contributed by atoms with E-state index < -0.39 is 0 Å². The first-order valence-corrected chi connectivity index (χ1v) is 5.09. The van der Waals surface area contributed by atoms with Gasteiger partial charge in [0, 0.05) is 0 Å². The Morgan fingerprint density at radius 1 is 0.786 bits per heavy atom. The van der Waals surface area contributed by atoms with E-state index in [1.807, 2.05) is 0 Å². The van der Waals surface area contributed by atoms with Gasteiger partial charge in [-0.25, -0.2) is 0 Å². The van der Waals surface area contributed by atoms with Crippen molar-refractivity contribution in [2.75, 3.05) is 0 Å². The second-order valence-electron chi connectivity index (χ2n) is 3.80. The van der Waals surface area contributed by atoms with E-state index >= 15 is 0 Å². The van der Waals surface area contributed by atoms with Crippen molar-refractivity contribution in [1.82, 2.24) is 0 Å². The largest absolute Gasteiger partial charge is 0.0838 e. The normalized spacial score (nSPS) is 14.3. The standard InChI is InChI=1S/C14H12/c1-3-7-13-11(5-1)9-10-12-6-2-4-8-14(12)13/h1-5,7,9-10H,6,8H2. The number of fused-ring (bicyclic) bond motifs is 3. The van der Waals surface area contributed by atoms with E-state index in [9.17, 15) is 0 Å². The van der Waals surface area contributed by atoms with E-state index in [1.54, 1.807) is 0 Å². The zero-order valence-corrected chi connectivity index (χ0v) is 8.03. The van der Waals surface area contributed by atoms with Gasteiger partial charge in [-0.1, -0.05) is 48.6 Å². The van der Waals surface area contributed by atoms with Gasteiger partial charge >= 0.3 is 0 Å². The zero-order valence-electron chi connectivity index (χ0n) is 8.03. The summed E-state index contributed by atoms with van der Waals surface area (Å²) in [6.07, 6.45) is 6.72. The first-order chi connectivity index (χ1) is 6.95. The average molecular weight is 180 g/mol. The molecule has 1 aliphatic carbocycles. The Hall–Kier alpha value is -1.56. The summed E-state index contributed by atoms with van der Waals surface area (Å²) in [5, 5.41) is 2.79. The van der Waals surface area contributed by atoms with Crippen LogP contribution in [0.4, 0.5) is 0 Å². The van der Waals surface area contributed by atoms with Gasteiger partial charge in [-0.3, -0.25) is 0 Å². The van der Waals surface area contributed by atoms with Gasteiger partial charge in [0.2, 0.25) is 0 Å². The SMILES string of the molecule is C1=CCc2c(ccc3ccccc23)C1. The van der Waals surface area contributed by atoms with Crippen LogP contribution in [0.1, 0.15) is 11.1 Å². The third kappa shape index (κ3) is 1.07. The number of hydrogen-bond acceptors (Lipinski definition) is 0. The molecule has 14 heavy (non-hydrogen) atoms. The Morgan fingerprint density at radius 3 is 2.64 bits per heavy atom. The maximum atomic E-state index is 2.27. The monoisotopic (exact) mass is 180 g/mol. The summed E-state index contributed by atoms with van der Waals surface area (Å²) in [4.78, 5) is 0. The number of benzene rings is 2. The highest BCUT2D eigenvalue weighted by molar-refractivity contribution is 5.87. The van der Waals surface area contributed by atoms with E-state index in [0.29, 0.717) is 0 Å². The quantitative estimate of drug-likeness (QED) is 0.544. The summed E-state index contributed by atoms with van der Waals surface area (Å²) >= 11 is 0. The van der Waals surface area contributed by atoms with Crippen molar-refractivity contribution in [2.45, 2.75) is 12.8 Å². The predicted molar refractivity (Wildman–Crippen MR) is 60.5 cm³/mol. The second kappa shape index (κ2) is 2.98. The first-order valence-electron chi connectivity index (χ1n) is 5.09. The van der Waals surface area contributed by atoms with Gasteiger partial charge < -0.3 is 0 Å². The molecule has 0 fully saturated rings. The van der Waals surface area contributed by atoms with Crippen molar-refractivity contribution in [3.8, 4) is 0 Å². The average Bonchev–Trinajstić information content (AvgIpc) is 2.29. The number of hydrogen-bond donors (Lipinski definition) is 0. The van der Waals surface area contributed by atoms with E-state index in [0.717, 1.165) is 12.8 Å². The Labute approximate surface area is 83.9 Å². The van der Waals surface area contributed by atoms with Crippen LogP contribution in [-0.4, -0.2) is 0 Å². The molecular formula is C14H12. The smallest absolute Gasteiger partial charge is 0.00883 e. The molecule has 2 aromatic rings. The molecule has 0 heterocycles. The van der Waals surface area contributed by atoms with Crippen LogP contribution in [0.2, 0.25) is 0 Å². The van der Waals surface area contributed by atoms with Crippen molar-refractivity contribution in [1.29, 1.82) is 0 Å². The maximum Gasteiger partial charge on any atom is -0.00883 e. The van der Waals surface area contributed by atoms with Crippen LogP contribution in [0.3, 0.4) is 0 Å². The third-order valence-corrected chi connectivity index (χ3v) is 2.96. The van der Waals surface area contributed by atoms with Crippen LogP contribution in [0.15, 0.2) is 48.6 Å². The van der Waals surface area contributed by atoms with E-state index in [2.05, 4.69) is 48.6 Å². The van der Waals surface area contributed by atoms with Crippen molar-refractivity contribution in [3.63, 3.8) is 0 Å². The molecule has 0 aliphatic heterocycles. The molecule has 0 aromatic heterocycles. The highest BCUT2D eigenvalue weighted by Crippen LogP contribution is 2.25. The molecule has 3 rings (SSSR count). The summed E-state index contributed by atoms with van der Waals surface area (Å²) in [6.45, 7) is 0. The van der Waals surface area contributed by atoms with Crippen molar-refractivity contribution in [2.24, 2.45) is 0 Å². The Kier molecular flexibility index (Phi) is 1.66. The third-order valence-electron chi connectivity index (χ3n) is 2.96. The molecule has 68 valence electrons. The lowest BCUT2D eigenvalue weighted by atomic mass is 9.92. The fourth-order valence-corrected chi connectivity index (χ4v) is 2.22. The Balaban J connectivity index is 2.37. The van der Waals surface area contributed by atoms with E-state index in [-0.39, 0.29) is 0 Å². The summed E-state index contributed by atoms with van der Waals surface area (Å²) in [5.74, 6) is 0. The summed E-state index contributed by atoms with van der Waals surface area (Å²) in [5.41, 5.74) is 3.01. The fraction of sp³-hybridized carbons (Fsp3) is 0.143. The van der Waals surface area contributed by atoms with Gasteiger partial charge in [0.05, 0.1) is 0 Å². The lowest BCUT2D eigenvalue weighted by Gasteiger charge is -2.13. The lowest BCUT2D eigenvalue weighted by Crippen LogP contribution is -1.97. The van der Waals surface area contributed by atoms with Crippen molar-refractivity contribution >= 4 is 10.8 Å². The first kappa shape index (κ1) is 7.81.